The number of nitrogens with zero attached hydrogens (tertiary/aromatic N) is 1. The van der Waals surface area contributed by atoms with Crippen LogP contribution in [0.2, 0.25) is 0 Å². The lowest BCUT2D eigenvalue weighted by Gasteiger charge is -2.11. The average molecular weight is 323 g/mol. The zero-order valence-electron chi connectivity index (χ0n) is 11.5. The summed E-state index contributed by atoms with van der Waals surface area (Å²) in [5, 5.41) is 4.23. The van der Waals surface area contributed by atoms with Crippen LogP contribution in [0.25, 0.3) is 11.1 Å². The van der Waals surface area contributed by atoms with E-state index in [0.29, 0.717) is 18.1 Å². The van der Waals surface area contributed by atoms with Crippen molar-refractivity contribution in [3.8, 4) is 11.1 Å². The molecule has 0 aliphatic carbocycles. The summed E-state index contributed by atoms with van der Waals surface area (Å²) in [5.74, 6) is 1.25. The molecule has 0 bridgehead atoms. The number of aromatic nitrogens is 1. The Morgan fingerprint density at radius 3 is 2.76 bits per heavy atom. The Hall–Kier alpha value is -1.60. The predicted molar refractivity (Wildman–Crippen MR) is 87.2 cm³/mol. The molecule has 5 nitrogen and oxygen atoms in total. The van der Waals surface area contributed by atoms with Crippen molar-refractivity contribution in [3.63, 3.8) is 0 Å². The van der Waals surface area contributed by atoms with Crippen molar-refractivity contribution in [2.24, 2.45) is 5.92 Å². The van der Waals surface area contributed by atoms with E-state index in [1.807, 2.05) is 30.3 Å². The van der Waals surface area contributed by atoms with Crippen LogP contribution in [0.1, 0.15) is 6.42 Å². The van der Waals surface area contributed by atoms with Gasteiger partial charge in [0.15, 0.2) is 9.84 Å². The molecule has 1 unspecified atom stereocenters. The fourth-order valence-corrected chi connectivity index (χ4v) is 5.18. The number of hydrogen-bond acceptors (Lipinski definition) is 6. The van der Waals surface area contributed by atoms with E-state index in [1.165, 1.54) is 11.5 Å². The molecule has 1 aliphatic heterocycles. The summed E-state index contributed by atoms with van der Waals surface area (Å²) in [6.07, 6.45) is 0.726. The highest BCUT2D eigenvalue weighted by Crippen LogP contribution is 2.36. The smallest absolute Gasteiger partial charge is 0.150 e. The molecule has 1 aliphatic rings. The van der Waals surface area contributed by atoms with Gasteiger partial charge in [0.05, 0.1) is 17.1 Å². The van der Waals surface area contributed by atoms with Crippen molar-refractivity contribution < 1.29 is 8.42 Å². The first-order valence-electron chi connectivity index (χ1n) is 6.80. The molecule has 3 rings (SSSR count). The maximum Gasteiger partial charge on any atom is 0.150 e. The maximum atomic E-state index is 11.5. The number of rotatable bonds is 4. The maximum absolute atomic E-state index is 11.5. The van der Waals surface area contributed by atoms with Crippen LogP contribution in [-0.2, 0) is 9.84 Å². The van der Waals surface area contributed by atoms with Crippen LogP contribution < -0.4 is 11.1 Å². The number of hydrogen-bond donors (Lipinski definition) is 2. The minimum Gasteiger partial charge on any atom is -0.382 e. The number of nitrogen functional groups attached to an aromatic ring is 1. The van der Waals surface area contributed by atoms with Gasteiger partial charge >= 0.3 is 0 Å². The SMILES string of the molecule is Nc1nsc(NCC2CCS(=O)(=O)C2)c1-c1ccccc1. The molecule has 0 amide bonds. The second-order valence-electron chi connectivity index (χ2n) is 5.29. The first-order chi connectivity index (χ1) is 10.1. The molecule has 1 saturated heterocycles. The van der Waals surface area contributed by atoms with Gasteiger partial charge in [0.1, 0.15) is 10.8 Å². The Bertz CT molecular complexity index is 726. The number of anilines is 2. The van der Waals surface area contributed by atoms with Gasteiger partial charge in [0.25, 0.3) is 0 Å². The van der Waals surface area contributed by atoms with E-state index >= 15 is 0 Å². The fourth-order valence-electron chi connectivity index (χ4n) is 2.58. The van der Waals surface area contributed by atoms with Crippen molar-refractivity contribution >= 4 is 32.2 Å². The molecule has 0 spiro atoms. The minimum atomic E-state index is -2.83. The number of nitrogens with two attached hydrogens (primary N) is 1. The van der Waals surface area contributed by atoms with E-state index in [1.54, 1.807) is 0 Å². The van der Waals surface area contributed by atoms with Gasteiger partial charge in [-0.2, -0.15) is 4.37 Å². The molecular formula is C14H17N3O2S2. The number of sulfone groups is 1. The molecule has 1 fully saturated rings. The summed E-state index contributed by atoms with van der Waals surface area (Å²) in [5.41, 5.74) is 7.89. The van der Waals surface area contributed by atoms with Crippen molar-refractivity contribution in [2.45, 2.75) is 6.42 Å². The summed E-state index contributed by atoms with van der Waals surface area (Å²) in [4.78, 5) is 0. The summed E-state index contributed by atoms with van der Waals surface area (Å²) >= 11 is 1.32. The summed E-state index contributed by atoms with van der Waals surface area (Å²) < 4.78 is 27.2. The van der Waals surface area contributed by atoms with Gasteiger partial charge in [-0.25, -0.2) is 8.42 Å². The number of benzene rings is 1. The fraction of sp³-hybridized carbons (Fsp3) is 0.357. The number of nitrogens with one attached hydrogen (secondary N) is 1. The van der Waals surface area contributed by atoms with E-state index in [0.717, 1.165) is 22.5 Å². The van der Waals surface area contributed by atoms with Crippen LogP contribution in [0, 0.1) is 5.92 Å². The Kier molecular flexibility index (Phi) is 3.86. The summed E-state index contributed by atoms with van der Waals surface area (Å²) in [6, 6.07) is 9.85. The quantitative estimate of drug-likeness (QED) is 0.901. The molecule has 7 heteroatoms. The molecule has 112 valence electrons. The first kappa shape index (κ1) is 14.3. The van der Waals surface area contributed by atoms with Crippen molar-refractivity contribution in [1.82, 2.24) is 4.37 Å². The van der Waals surface area contributed by atoms with Crippen molar-refractivity contribution in [3.05, 3.63) is 30.3 Å². The molecule has 0 radical (unpaired) electrons. The third kappa shape index (κ3) is 3.19. The van der Waals surface area contributed by atoms with Crippen LogP contribution in [0.5, 0.6) is 0 Å². The van der Waals surface area contributed by atoms with Gasteiger partial charge in [0.2, 0.25) is 0 Å². The lowest BCUT2D eigenvalue weighted by molar-refractivity contribution is 0.596. The molecule has 1 aromatic carbocycles. The van der Waals surface area contributed by atoms with Crippen molar-refractivity contribution in [2.75, 3.05) is 29.1 Å². The minimum absolute atomic E-state index is 0.168. The van der Waals surface area contributed by atoms with Gasteiger partial charge in [-0.15, -0.1) is 0 Å². The van der Waals surface area contributed by atoms with Gasteiger partial charge < -0.3 is 11.1 Å². The topological polar surface area (TPSA) is 85.1 Å². The second kappa shape index (κ2) is 5.65. The monoisotopic (exact) mass is 323 g/mol. The molecule has 3 N–H and O–H groups in total. The predicted octanol–water partition coefficient (Wildman–Crippen LogP) is 2.24. The van der Waals surface area contributed by atoms with E-state index in [4.69, 9.17) is 5.73 Å². The molecule has 1 aromatic heterocycles. The highest BCUT2D eigenvalue weighted by molar-refractivity contribution is 7.91. The van der Waals surface area contributed by atoms with Gasteiger partial charge in [0, 0.05) is 6.54 Å². The van der Waals surface area contributed by atoms with Crippen LogP contribution in [0.15, 0.2) is 30.3 Å². The highest BCUT2D eigenvalue weighted by atomic mass is 32.2. The highest BCUT2D eigenvalue weighted by Gasteiger charge is 2.28. The molecular weight excluding hydrogens is 306 g/mol. The van der Waals surface area contributed by atoms with Gasteiger partial charge in [-0.05, 0) is 29.4 Å². The normalized spacial score (nSPS) is 20.5. The lowest BCUT2D eigenvalue weighted by atomic mass is 10.1. The molecule has 1 atom stereocenters. The summed E-state index contributed by atoms with van der Waals surface area (Å²) in [7, 11) is -2.83. The van der Waals surface area contributed by atoms with E-state index in [9.17, 15) is 8.42 Å². The Balaban J connectivity index is 1.75. The first-order valence-corrected chi connectivity index (χ1v) is 9.39. The van der Waals surface area contributed by atoms with Crippen LogP contribution in [0.4, 0.5) is 10.8 Å². The zero-order chi connectivity index (χ0) is 14.9. The molecule has 0 saturated carbocycles. The third-order valence-corrected chi connectivity index (χ3v) is 6.31. The largest absolute Gasteiger partial charge is 0.382 e. The Labute approximate surface area is 128 Å². The van der Waals surface area contributed by atoms with Gasteiger partial charge in [-0.3, -0.25) is 0 Å². The molecule has 21 heavy (non-hydrogen) atoms. The third-order valence-electron chi connectivity index (χ3n) is 3.66. The van der Waals surface area contributed by atoms with Crippen molar-refractivity contribution in [1.29, 1.82) is 0 Å². The standard InChI is InChI=1S/C14H17N3O2S2/c15-13-12(11-4-2-1-3-5-11)14(20-17-13)16-8-10-6-7-21(18,19)9-10/h1-5,10,16H,6-9H2,(H2,15,17). The van der Waals surface area contributed by atoms with E-state index in [2.05, 4.69) is 9.69 Å². The molecule has 2 heterocycles. The average Bonchev–Trinajstić information content (AvgIpc) is 3.00. The zero-order valence-corrected chi connectivity index (χ0v) is 13.1. The van der Waals surface area contributed by atoms with Crippen LogP contribution >= 0.6 is 11.5 Å². The Morgan fingerprint density at radius 1 is 1.33 bits per heavy atom. The van der Waals surface area contributed by atoms with Gasteiger partial charge in [-0.1, -0.05) is 30.3 Å². The van der Waals surface area contributed by atoms with E-state index < -0.39 is 9.84 Å². The van der Waals surface area contributed by atoms with E-state index in [-0.39, 0.29) is 11.7 Å². The lowest BCUT2D eigenvalue weighted by Crippen LogP contribution is -2.15. The summed E-state index contributed by atoms with van der Waals surface area (Å²) in [6.45, 7) is 0.640. The second-order valence-corrected chi connectivity index (χ2v) is 8.29. The van der Waals surface area contributed by atoms with Crippen LogP contribution in [0.3, 0.4) is 0 Å². The van der Waals surface area contributed by atoms with Crippen LogP contribution in [-0.4, -0.2) is 30.8 Å². The Morgan fingerprint density at radius 2 is 2.10 bits per heavy atom. The molecule has 2 aromatic rings.